The van der Waals surface area contributed by atoms with Gasteiger partial charge in [-0.05, 0) is 13.0 Å². The van der Waals surface area contributed by atoms with Crippen LogP contribution >= 0.6 is 0 Å². The highest BCUT2D eigenvalue weighted by atomic mass is 16.1. The molecule has 2 heteroatoms. The molecule has 0 aromatic heterocycles. The second-order valence-corrected chi connectivity index (χ2v) is 2.54. The lowest BCUT2D eigenvalue weighted by molar-refractivity contribution is -0.121. The maximum atomic E-state index is 11.1. The first-order valence-electron chi connectivity index (χ1n) is 3.51. The Hall–Kier alpha value is -0.810. The normalized spacial score (nSPS) is 24.1. The summed E-state index contributed by atoms with van der Waals surface area (Å²) in [7, 11) is 0. The minimum atomic E-state index is 0.191. The Balaban J connectivity index is 2.34. The predicted molar refractivity (Wildman–Crippen MR) is 39.4 cm³/mol. The van der Waals surface area contributed by atoms with Crippen LogP contribution in [0.25, 0.3) is 0 Å². The molecule has 2 nitrogen and oxygen atoms in total. The van der Waals surface area contributed by atoms with Crippen molar-refractivity contribution in [2.75, 3.05) is 13.1 Å². The number of carbonyl (C=O) groups excluding carboxylic acids is 1. The van der Waals surface area contributed by atoms with E-state index in [-0.39, 0.29) is 11.7 Å². The standard InChI is InChI=1S/C8H11NO/c1-2-3-8(10)7-4-5-9-6-7/h1,7,9H,3-6H2. The highest BCUT2D eigenvalue weighted by Gasteiger charge is 2.20. The third-order valence-electron chi connectivity index (χ3n) is 1.79. The Morgan fingerprint density at radius 1 is 1.80 bits per heavy atom. The van der Waals surface area contributed by atoms with E-state index in [0.29, 0.717) is 6.42 Å². The van der Waals surface area contributed by atoms with Crippen LogP contribution in [0.4, 0.5) is 0 Å². The van der Waals surface area contributed by atoms with Crippen molar-refractivity contribution in [1.29, 1.82) is 0 Å². The van der Waals surface area contributed by atoms with E-state index >= 15 is 0 Å². The molecule has 1 N–H and O–H groups in total. The number of hydrogen-bond donors (Lipinski definition) is 1. The molecule has 0 aliphatic carbocycles. The van der Waals surface area contributed by atoms with Crippen molar-refractivity contribution in [3.05, 3.63) is 0 Å². The van der Waals surface area contributed by atoms with Crippen molar-refractivity contribution in [3.63, 3.8) is 0 Å². The molecule has 1 rings (SSSR count). The van der Waals surface area contributed by atoms with E-state index in [2.05, 4.69) is 11.2 Å². The van der Waals surface area contributed by atoms with Crippen molar-refractivity contribution < 1.29 is 4.79 Å². The third-order valence-corrected chi connectivity index (χ3v) is 1.79. The van der Waals surface area contributed by atoms with Gasteiger partial charge in [0.1, 0.15) is 5.78 Å². The summed E-state index contributed by atoms with van der Waals surface area (Å²) in [6.07, 6.45) is 6.26. The molecule has 0 saturated carbocycles. The number of ketones is 1. The van der Waals surface area contributed by atoms with Crippen LogP contribution in [0.1, 0.15) is 12.8 Å². The molecular weight excluding hydrogens is 126 g/mol. The number of carbonyl (C=O) groups is 1. The van der Waals surface area contributed by atoms with Crippen LogP contribution in [0.15, 0.2) is 0 Å². The molecule has 0 radical (unpaired) electrons. The van der Waals surface area contributed by atoms with E-state index in [1.54, 1.807) is 0 Å². The first-order chi connectivity index (χ1) is 4.84. The van der Waals surface area contributed by atoms with Crippen LogP contribution in [-0.4, -0.2) is 18.9 Å². The largest absolute Gasteiger partial charge is 0.316 e. The van der Waals surface area contributed by atoms with Crippen molar-refractivity contribution in [3.8, 4) is 12.3 Å². The summed E-state index contributed by atoms with van der Waals surface area (Å²) >= 11 is 0. The van der Waals surface area contributed by atoms with Gasteiger partial charge in [-0.15, -0.1) is 6.42 Å². The second kappa shape index (κ2) is 3.38. The summed E-state index contributed by atoms with van der Waals surface area (Å²) in [6, 6.07) is 0. The molecule has 0 amide bonds. The van der Waals surface area contributed by atoms with Crippen molar-refractivity contribution >= 4 is 5.78 Å². The van der Waals surface area contributed by atoms with Gasteiger partial charge in [0.05, 0.1) is 6.42 Å². The van der Waals surface area contributed by atoms with E-state index < -0.39 is 0 Å². The number of Topliss-reactive ketones (excluding diaryl/α,β-unsaturated/α-hetero) is 1. The minimum absolute atomic E-state index is 0.191. The summed E-state index contributed by atoms with van der Waals surface area (Å²) in [4.78, 5) is 11.1. The molecule has 0 spiro atoms. The Bertz CT molecular complexity index is 163. The number of hydrogen-bond acceptors (Lipinski definition) is 2. The molecule has 1 aliphatic heterocycles. The Labute approximate surface area is 61.0 Å². The van der Waals surface area contributed by atoms with Gasteiger partial charge >= 0.3 is 0 Å². The smallest absolute Gasteiger partial charge is 0.149 e. The van der Waals surface area contributed by atoms with Crippen LogP contribution in [0.3, 0.4) is 0 Å². The molecule has 1 aliphatic rings. The molecule has 1 unspecified atom stereocenters. The maximum absolute atomic E-state index is 11.1. The molecule has 1 saturated heterocycles. The lowest BCUT2D eigenvalue weighted by Gasteiger charge is -2.01. The second-order valence-electron chi connectivity index (χ2n) is 2.54. The number of nitrogens with one attached hydrogen (secondary N) is 1. The molecular formula is C8H11NO. The van der Waals surface area contributed by atoms with E-state index in [1.165, 1.54) is 0 Å². The van der Waals surface area contributed by atoms with Gasteiger partial charge in [-0.3, -0.25) is 4.79 Å². The Morgan fingerprint density at radius 3 is 3.10 bits per heavy atom. The van der Waals surface area contributed by atoms with Crippen molar-refractivity contribution in [2.45, 2.75) is 12.8 Å². The summed E-state index contributed by atoms with van der Waals surface area (Å²) in [5.74, 6) is 2.77. The first-order valence-corrected chi connectivity index (χ1v) is 3.51. The molecule has 0 bridgehead atoms. The monoisotopic (exact) mass is 137 g/mol. The fraction of sp³-hybridized carbons (Fsp3) is 0.625. The Kier molecular flexibility index (Phi) is 2.47. The summed E-state index contributed by atoms with van der Waals surface area (Å²) < 4.78 is 0. The molecule has 0 aromatic carbocycles. The van der Waals surface area contributed by atoms with Crippen LogP contribution in [-0.2, 0) is 4.79 Å². The van der Waals surface area contributed by atoms with Gasteiger partial charge in [-0.1, -0.05) is 5.92 Å². The molecule has 1 fully saturated rings. The summed E-state index contributed by atoms with van der Waals surface area (Å²) in [5.41, 5.74) is 0. The van der Waals surface area contributed by atoms with E-state index in [9.17, 15) is 4.79 Å². The molecule has 1 atom stereocenters. The number of terminal acetylenes is 1. The maximum Gasteiger partial charge on any atom is 0.149 e. The average molecular weight is 137 g/mol. The molecule has 10 heavy (non-hydrogen) atoms. The zero-order valence-electron chi connectivity index (χ0n) is 5.89. The molecule has 0 aromatic rings. The SMILES string of the molecule is C#CCC(=O)C1CCNC1. The summed E-state index contributed by atoms with van der Waals surface area (Å²) in [5, 5.41) is 3.12. The molecule has 1 heterocycles. The predicted octanol–water partition coefficient (Wildman–Crippen LogP) is 0.188. The van der Waals surface area contributed by atoms with Gasteiger partial charge in [0.15, 0.2) is 0 Å². The van der Waals surface area contributed by atoms with Gasteiger partial charge in [0, 0.05) is 12.5 Å². The summed E-state index contributed by atoms with van der Waals surface area (Å²) in [6.45, 7) is 1.78. The first kappa shape index (κ1) is 7.30. The van der Waals surface area contributed by atoms with Gasteiger partial charge in [-0.2, -0.15) is 0 Å². The highest BCUT2D eigenvalue weighted by molar-refractivity contribution is 5.83. The van der Waals surface area contributed by atoms with E-state index in [1.807, 2.05) is 0 Å². The zero-order chi connectivity index (χ0) is 7.40. The fourth-order valence-corrected chi connectivity index (χ4v) is 1.17. The van der Waals surface area contributed by atoms with Crippen molar-refractivity contribution in [1.82, 2.24) is 5.32 Å². The van der Waals surface area contributed by atoms with Crippen molar-refractivity contribution in [2.24, 2.45) is 5.92 Å². The molecule has 54 valence electrons. The quantitative estimate of drug-likeness (QED) is 0.550. The topological polar surface area (TPSA) is 29.1 Å². The lowest BCUT2D eigenvalue weighted by atomic mass is 10.0. The third kappa shape index (κ3) is 1.58. The van der Waals surface area contributed by atoms with Gasteiger partial charge in [-0.25, -0.2) is 0 Å². The van der Waals surface area contributed by atoms with Crippen LogP contribution < -0.4 is 5.32 Å². The highest BCUT2D eigenvalue weighted by Crippen LogP contribution is 2.09. The average Bonchev–Trinajstić information content (AvgIpc) is 2.38. The van der Waals surface area contributed by atoms with E-state index in [0.717, 1.165) is 19.5 Å². The Morgan fingerprint density at radius 2 is 2.60 bits per heavy atom. The van der Waals surface area contributed by atoms with Gasteiger partial charge in [0.25, 0.3) is 0 Å². The van der Waals surface area contributed by atoms with Gasteiger partial charge < -0.3 is 5.32 Å². The van der Waals surface area contributed by atoms with Crippen LogP contribution in [0, 0.1) is 18.3 Å². The minimum Gasteiger partial charge on any atom is -0.316 e. The van der Waals surface area contributed by atoms with Crippen LogP contribution in [0.5, 0.6) is 0 Å². The number of rotatable bonds is 2. The van der Waals surface area contributed by atoms with E-state index in [4.69, 9.17) is 6.42 Å². The van der Waals surface area contributed by atoms with Crippen LogP contribution in [0.2, 0.25) is 0 Å². The zero-order valence-corrected chi connectivity index (χ0v) is 5.89. The fourth-order valence-electron chi connectivity index (χ4n) is 1.17. The lowest BCUT2D eigenvalue weighted by Crippen LogP contribution is -2.16. The van der Waals surface area contributed by atoms with Gasteiger partial charge in [0.2, 0.25) is 0 Å².